The molecule has 0 amide bonds. The molecule has 0 fully saturated rings. The maximum atomic E-state index is 7.28. The fourth-order valence-electron chi connectivity index (χ4n) is 1.98. The van der Waals surface area contributed by atoms with E-state index < -0.39 is 6.41 Å². The zero-order chi connectivity index (χ0) is 14.5. The zero-order valence-corrected chi connectivity index (χ0v) is 12.0. The summed E-state index contributed by atoms with van der Waals surface area (Å²) in [6, 6.07) is 5.89. The molecule has 0 atom stereocenters. The summed E-state index contributed by atoms with van der Waals surface area (Å²) in [6.07, 6.45) is 2.55. The van der Waals surface area contributed by atoms with Crippen molar-refractivity contribution in [3.05, 3.63) is 24.4 Å². The third-order valence-corrected chi connectivity index (χ3v) is 3.00. The lowest BCUT2D eigenvalue weighted by atomic mass is 10.2. The SMILES string of the molecule is CCOC(OCC)n1ncc2cc(N(C)C=N)ccc21. The first-order valence-electron chi connectivity index (χ1n) is 6.65. The molecule has 0 aliphatic carbocycles. The number of nitrogens with one attached hydrogen (secondary N) is 1. The smallest absolute Gasteiger partial charge is 0.260 e. The Morgan fingerprint density at radius 1 is 1.35 bits per heavy atom. The van der Waals surface area contributed by atoms with E-state index in [0.29, 0.717) is 13.2 Å². The topological polar surface area (TPSA) is 63.4 Å². The summed E-state index contributed by atoms with van der Waals surface area (Å²) in [7, 11) is 1.84. The molecule has 2 rings (SSSR count). The van der Waals surface area contributed by atoms with E-state index in [2.05, 4.69) is 5.10 Å². The van der Waals surface area contributed by atoms with E-state index in [1.54, 1.807) is 15.8 Å². The Bertz CT molecular complexity index is 576. The van der Waals surface area contributed by atoms with Crippen LogP contribution in [0.2, 0.25) is 0 Å². The van der Waals surface area contributed by atoms with Gasteiger partial charge in [0.25, 0.3) is 6.41 Å². The summed E-state index contributed by atoms with van der Waals surface area (Å²) in [5.41, 5.74) is 1.88. The van der Waals surface area contributed by atoms with Crippen LogP contribution in [0.1, 0.15) is 20.3 Å². The average molecular weight is 276 g/mol. The molecule has 0 unspecified atom stereocenters. The Kier molecular flexibility index (Phi) is 4.70. The molecule has 6 heteroatoms. The van der Waals surface area contributed by atoms with Crippen LogP contribution in [0.25, 0.3) is 10.9 Å². The number of aromatic nitrogens is 2. The molecule has 1 aromatic carbocycles. The van der Waals surface area contributed by atoms with Crippen LogP contribution in [-0.4, -0.2) is 36.4 Å². The highest BCUT2D eigenvalue weighted by atomic mass is 16.7. The monoisotopic (exact) mass is 276 g/mol. The molecule has 0 saturated carbocycles. The quantitative estimate of drug-likeness (QED) is 0.479. The van der Waals surface area contributed by atoms with E-state index >= 15 is 0 Å². The Morgan fingerprint density at radius 3 is 2.65 bits per heavy atom. The molecule has 6 nitrogen and oxygen atoms in total. The zero-order valence-electron chi connectivity index (χ0n) is 12.0. The van der Waals surface area contributed by atoms with Crippen molar-refractivity contribution in [3.63, 3.8) is 0 Å². The van der Waals surface area contributed by atoms with Gasteiger partial charge in [-0.05, 0) is 32.0 Å². The van der Waals surface area contributed by atoms with E-state index in [4.69, 9.17) is 14.9 Å². The highest BCUT2D eigenvalue weighted by Crippen LogP contribution is 2.24. The van der Waals surface area contributed by atoms with Crippen LogP contribution < -0.4 is 4.90 Å². The number of anilines is 1. The van der Waals surface area contributed by atoms with Gasteiger partial charge in [-0.15, -0.1) is 0 Å². The molecule has 0 radical (unpaired) electrons. The van der Waals surface area contributed by atoms with Crippen molar-refractivity contribution < 1.29 is 9.47 Å². The van der Waals surface area contributed by atoms with Crippen molar-refractivity contribution in [1.29, 1.82) is 5.41 Å². The van der Waals surface area contributed by atoms with E-state index in [1.165, 1.54) is 6.34 Å². The molecule has 0 saturated heterocycles. The van der Waals surface area contributed by atoms with Crippen molar-refractivity contribution in [3.8, 4) is 0 Å². The Labute approximate surface area is 118 Å². The third kappa shape index (κ3) is 2.81. The van der Waals surface area contributed by atoms with Gasteiger partial charge in [0, 0.05) is 31.3 Å². The molecular formula is C14H20N4O2. The maximum absolute atomic E-state index is 7.28. The molecule has 1 N–H and O–H groups in total. The van der Waals surface area contributed by atoms with Gasteiger partial charge in [0.15, 0.2) is 0 Å². The predicted molar refractivity (Wildman–Crippen MR) is 79.2 cm³/mol. The molecule has 0 aliphatic rings. The number of nitrogens with zero attached hydrogens (tertiary/aromatic N) is 3. The first-order chi connectivity index (χ1) is 9.71. The summed E-state index contributed by atoms with van der Waals surface area (Å²) in [6.45, 7) is 4.96. The van der Waals surface area contributed by atoms with Crippen molar-refractivity contribution in [2.75, 3.05) is 25.2 Å². The van der Waals surface area contributed by atoms with Crippen molar-refractivity contribution >= 4 is 22.9 Å². The molecule has 108 valence electrons. The average Bonchev–Trinajstić information content (AvgIpc) is 2.89. The Morgan fingerprint density at radius 2 is 2.05 bits per heavy atom. The minimum atomic E-state index is -0.506. The number of hydrogen-bond donors (Lipinski definition) is 1. The van der Waals surface area contributed by atoms with Crippen LogP contribution >= 0.6 is 0 Å². The lowest BCUT2D eigenvalue weighted by molar-refractivity contribution is -0.189. The van der Waals surface area contributed by atoms with Crippen LogP contribution in [0.15, 0.2) is 24.4 Å². The molecule has 0 spiro atoms. The first-order valence-corrected chi connectivity index (χ1v) is 6.65. The van der Waals surface area contributed by atoms with Gasteiger partial charge >= 0.3 is 0 Å². The molecule has 1 heterocycles. The number of fused-ring (bicyclic) bond motifs is 1. The number of benzene rings is 1. The standard InChI is InChI=1S/C14H20N4O2/c1-4-19-14(20-5-2)18-13-7-6-12(17(3)10-15)8-11(13)9-16-18/h6-10,14-15H,4-5H2,1-3H3. The summed E-state index contributed by atoms with van der Waals surface area (Å²) < 4.78 is 12.9. The normalized spacial score (nSPS) is 11.2. The molecule has 1 aromatic heterocycles. The number of hydrogen-bond acceptors (Lipinski definition) is 4. The second-order valence-electron chi connectivity index (χ2n) is 4.29. The van der Waals surface area contributed by atoms with E-state index in [-0.39, 0.29) is 0 Å². The summed E-state index contributed by atoms with van der Waals surface area (Å²) >= 11 is 0. The maximum Gasteiger partial charge on any atom is 0.260 e. The lowest BCUT2D eigenvalue weighted by Crippen LogP contribution is -2.17. The van der Waals surface area contributed by atoms with Gasteiger partial charge in [0.05, 0.1) is 18.1 Å². The predicted octanol–water partition coefficient (Wildman–Crippen LogP) is 2.61. The lowest BCUT2D eigenvalue weighted by Gasteiger charge is -2.18. The fraction of sp³-hybridized carbons (Fsp3) is 0.429. The fourth-order valence-corrected chi connectivity index (χ4v) is 1.98. The van der Waals surface area contributed by atoms with Crippen LogP contribution in [0.5, 0.6) is 0 Å². The van der Waals surface area contributed by atoms with Gasteiger partial charge in [0.2, 0.25) is 0 Å². The van der Waals surface area contributed by atoms with Gasteiger partial charge < -0.3 is 14.4 Å². The highest BCUT2D eigenvalue weighted by molar-refractivity contribution is 5.86. The van der Waals surface area contributed by atoms with Crippen LogP contribution in [0, 0.1) is 5.41 Å². The van der Waals surface area contributed by atoms with Crippen molar-refractivity contribution in [1.82, 2.24) is 9.78 Å². The molecular weight excluding hydrogens is 256 g/mol. The van der Waals surface area contributed by atoms with Gasteiger partial charge in [-0.25, -0.2) is 4.68 Å². The van der Waals surface area contributed by atoms with Crippen LogP contribution in [0.4, 0.5) is 5.69 Å². The Hall–Kier alpha value is -1.92. The van der Waals surface area contributed by atoms with Crippen molar-refractivity contribution in [2.45, 2.75) is 20.3 Å². The van der Waals surface area contributed by atoms with E-state index in [9.17, 15) is 0 Å². The summed E-state index contributed by atoms with van der Waals surface area (Å²) in [5, 5.41) is 12.6. The van der Waals surface area contributed by atoms with E-state index in [0.717, 1.165) is 16.6 Å². The minimum Gasteiger partial charge on any atom is -0.336 e. The number of rotatable bonds is 7. The van der Waals surface area contributed by atoms with Gasteiger partial charge in [-0.2, -0.15) is 5.10 Å². The van der Waals surface area contributed by atoms with Crippen molar-refractivity contribution in [2.24, 2.45) is 0 Å². The Balaban J connectivity index is 2.38. The minimum absolute atomic E-state index is 0.506. The van der Waals surface area contributed by atoms with E-state index in [1.807, 2.05) is 39.1 Å². The molecule has 0 aliphatic heterocycles. The summed E-state index contributed by atoms with van der Waals surface area (Å²) in [4.78, 5) is 1.74. The largest absolute Gasteiger partial charge is 0.336 e. The molecule has 2 aromatic rings. The second kappa shape index (κ2) is 6.49. The second-order valence-corrected chi connectivity index (χ2v) is 4.29. The summed E-state index contributed by atoms with van der Waals surface area (Å²) in [5.74, 6) is 0. The molecule has 20 heavy (non-hydrogen) atoms. The molecule has 0 bridgehead atoms. The van der Waals surface area contributed by atoms with Gasteiger partial charge in [-0.3, -0.25) is 5.41 Å². The highest BCUT2D eigenvalue weighted by Gasteiger charge is 2.15. The van der Waals surface area contributed by atoms with Gasteiger partial charge in [0.1, 0.15) is 0 Å². The number of ether oxygens (including phenoxy) is 2. The van der Waals surface area contributed by atoms with Crippen LogP contribution in [-0.2, 0) is 9.47 Å². The van der Waals surface area contributed by atoms with Gasteiger partial charge in [-0.1, -0.05) is 0 Å². The third-order valence-electron chi connectivity index (χ3n) is 3.00. The van der Waals surface area contributed by atoms with Crippen LogP contribution in [0.3, 0.4) is 0 Å². The first kappa shape index (κ1) is 14.5.